The highest BCUT2D eigenvalue weighted by atomic mass is 16.5. The highest BCUT2D eigenvalue weighted by Gasteiger charge is 2.14. The average molecular weight is 333 g/mol. The summed E-state index contributed by atoms with van der Waals surface area (Å²) < 4.78 is 5.22. The quantitative estimate of drug-likeness (QED) is 0.326. The van der Waals surface area contributed by atoms with Crippen molar-refractivity contribution < 1.29 is 9.53 Å². The summed E-state index contributed by atoms with van der Waals surface area (Å²) in [6.45, 7) is 8.81. The van der Waals surface area contributed by atoms with Crippen molar-refractivity contribution in [1.29, 1.82) is 0 Å². The second kappa shape index (κ2) is 12.1. The van der Waals surface area contributed by atoms with Gasteiger partial charge in [0.05, 0.1) is 12.2 Å². The molecule has 0 aliphatic rings. The van der Waals surface area contributed by atoms with E-state index in [1.807, 2.05) is 13.8 Å². The molecule has 0 bridgehead atoms. The Hall–Kier alpha value is -1.31. The van der Waals surface area contributed by atoms with Gasteiger partial charge in [-0.15, -0.1) is 0 Å². The Bertz CT molecular complexity index is 491. The van der Waals surface area contributed by atoms with Crippen LogP contribution in [0.2, 0.25) is 0 Å². The van der Waals surface area contributed by atoms with E-state index in [2.05, 4.69) is 26.0 Å². The predicted octanol–water partition coefficient (Wildman–Crippen LogP) is 6.42. The van der Waals surface area contributed by atoms with Gasteiger partial charge in [0.25, 0.3) is 0 Å². The van der Waals surface area contributed by atoms with Gasteiger partial charge in [0.2, 0.25) is 0 Å². The minimum absolute atomic E-state index is 0.178. The smallest absolute Gasteiger partial charge is 0.338 e. The molecule has 0 fully saturated rings. The molecule has 2 nitrogen and oxygen atoms in total. The minimum Gasteiger partial charge on any atom is -0.462 e. The summed E-state index contributed by atoms with van der Waals surface area (Å²) in [5, 5.41) is 0. The molecule has 0 aliphatic carbocycles. The molecule has 0 spiro atoms. The molecule has 1 aromatic carbocycles. The zero-order valence-corrected chi connectivity index (χ0v) is 16.2. The summed E-state index contributed by atoms with van der Waals surface area (Å²) in [6.07, 6.45) is 12.4. The number of hydrogen-bond acceptors (Lipinski definition) is 2. The van der Waals surface area contributed by atoms with Crippen molar-refractivity contribution in [1.82, 2.24) is 0 Å². The van der Waals surface area contributed by atoms with Gasteiger partial charge >= 0.3 is 5.97 Å². The van der Waals surface area contributed by atoms with Gasteiger partial charge in [-0.1, -0.05) is 58.4 Å². The number of carbonyl (C=O) groups is 1. The SMILES string of the molecule is CCCCCCc1cc(C)c(C(=O)OCC)cc1CCCCCC. The standard InChI is InChI=1S/C22H36O2/c1-5-8-10-12-14-19-16-18(4)21(22(23)24-7-3)17-20(19)15-13-11-9-6-2/h16-17H,5-15H2,1-4H3. The van der Waals surface area contributed by atoms with Crippen LogP contribution in [-0.4, -0.2) is 12.6 Å². The van der Waals surface area contributed by atoms with E-state index < -0.39 is 0 Å². The predicted molar refractivity (Wildman–Crippen MR) is 103 cm³/mol. The lowest BCUT2D eigenvalue weighted by molar-refractivity contribution is 0.0525. The maximum absolute atomic E-state index is 12.2. The monoisotopic (exact) mass is 332 g/mol. The highest BCUT2D eigenvalue weighted by molar-refractivity contribution is 5.91. The van der Waals surface area contributed by atoms with Crippen molar-refractivity contribution in [2.75, 3.05) is 6.61 Å². The fraction of sp³-hybridized carbons (Fsp3) is 0.682. The third kappa shape index (κ3) is 7.07. The fourth-order valence-electron chi connectivity index (χ4n) is 3.19. The van der Waals surface area contributed by atoms with Crippen LogP contribution in [-0.2, 0) is 17.6 Å². The Morgan fingerprint density at radius 3 is 1.88 bits per heavy atom. The zero-order valence-electron chi connectivity index (χ0n) is 16.2. The van der Waals surface area contributed by atoms with Gasteiger partial charge in [0.15, 0.2) is 0 Å². The summed E-state index contributed by atoms with van der Waals surface area (Å²) in [5.74, 6) is -0.178. The van der Waals surface area contributed by atoms with Crippen LogP contribution >= 0.6 is 0 Å². The lowest BCUT2D eigenvalue weighted by Gasteiger charge is -2.14. The van der Waals surface area contributed by atoms with Gasteiger partial charge < -0.3 is 4.74 Å². The summed E-state index contributed by atoms with van der Waals surface area (Å²) in [4.78, 5) is 12.2. The molecule has 0 aromatic heterocycles. The van der Waals surface area contributed by atoms with Crippen molar-refractivity contribution in [3.63, 3.8) is 0 Å². The number of rotatable bonds is 12. The number of unbranched alkanes of at least 4 members (excludes halogenated alkanes) is 6. The van der Waals surface area contributed by atoms with E-state index in [-0.39, 0.29) is 5.97 Å². The maximum Gasteiger partial charge on any atom is 0.338 e. The average Bonchev–Trinajstić information content (AvgIpc) is 2.57. The molecule has 0 saturated carbocycles. The molecule has 0 saturated heterocycles. The van der Waals surface area contributed by atoms with Crippen LogP contribution in [0.5, 0.6) is 0 Å². The van der Waals surface area contributed by atoms with Crippen LogP contribution in [0.4, 0.5) is 0 Å². The summed E-state index contributed by atoms with van der Waals surface area (Å²) >= 11 is 0. The molecule has 24 heavy (non-hydrogen) atoms. The molecule has 136 valence electrons. The third-order valence-electron chi connectivity index (χ3n) is 4.64. The van der Waals surface area contributed by atoms with E-state index in [1.165, 1.54) is 62.5 Å². The first-order valence-corrected chi connectivity index (χ1v) is 9.93. The van der Waals surface area contributed by atoms with E-state index >= 15 is 0 Å². The molecule has 0 unspecified atom stereocenters. The van der Waals surface area contributed by atoms with Crippen LogP contribution < -0.4 is 0 Å². The number of esters is 1. The largest absolute Gasteiger partial charge is 0.462 e. The molecular formula is C22H36O2. The van der Waals surface area contributed by atoms with Gasteiger partial charge in [-0.2, -0.15) is 0 Å². The molecule has 0 aliphatic heterocycles. The maximum atomic E-state index is 12.2. The Balaban J connectivity index is 2.88. The Morgan fingerprint density at radius 2 is 1.38 bits per heavy atom. The molecule has 0 amide bonds. The Morgan fingerprint density at radius 1 is 0.833 bits per heavy atom. The van der Waals surface area contributed by atoms with Gasteiger partial charge in [0, 0.05) is 0 Å². The molecule has 2 heteroatoms. The van der Waals surface area contributed by atoms with Crippen LogP contribution in [0, 0.1) is 6.92 Å². The van der Waals surface area contributed by atoms with Crippen molar-refractivity contribution in [2.24, 2.45) is 0 Å². The second-order valence-electron chi connectivity index (χ2n) is 6.78. The first-order valence-electron chi connectivity index (χ1n) is 9.93. The van der Waals surface area contributed by atoms with Crippen LogP contribution in [0.25, 0.3) is 0 Å². The van der Waals surface area contributed by atoms with E-state index in [0.717, 1.165) is 24.0 Å². The molecular weight excluding hydrogens is 296 g/mol. The van der Waals surface area contributed by atoms with E-state index in [4.69, 9.17) is 4.74 Å². The van der Waals surface area contributed by atoms with Gasteiger partial charge in [-0.3, -0.25) is 0 Å². The third-order valence-corrected chi connectivity index (χ3v) is 4.64. The molecule has 0 atom stereocenters. The molecule has 0 radical (unpaired) electrons. The zero-order chi connectivity index (χ0) is 17.8. The molecule has 1 rings (SSSR count). The first kappa shape index (κ1) is 20.7. The lowest BCUT2D eigenvalue weighted by atomic mass is 9.92. The summed E-state index contributed by atoms with van der Waals surface area (Å²) in [7, 11) is 0. The summed E-state index contributed by atoms with van der Waals surface area (Å²) in [5.41, 5.74) is 4.60. The number of ether oxygens (including phenoxy) is 1. The topological polar surface area (TPSA) is 26.3 Å². The number of aryl methyl sites for hydroxylation is 3. The van der Waals surface area contributed by atoms with E-state index in [1.54, 1.807) is 0 Å². The fourth-order valence-corrected chi connectivity index (χ4v) is 3.19. The normalized spacial score (nSPS) is 10.8. The van der Waals surface area contributed by atoms with Crippen molar-refractivity contribution >= 4 is 5.97 Å². The van der Waals surface area contributed by atoms with Crippen molar-refractivity contribution in [3.8, 4) is 0 Å². The minimum atomic E-state index is -0.178. The highest BCUT2D eigenvalue weighted by Crippen LogP contribution is 2.22. The number of benzene rings is 1. The van der Waals surface area contributed by atoms with Crippen molar-refractivity contribution in [3.05, 3.63) is 34.4 Å². The van der Waals surface area contributed by atoms with Gasteiger partial charge in [-0.05, 0) is 62.3 Å². The Labute approximate surface area is 149 Å². The second-order valence-corrected chi connectivity index (χ2v) is 6.78. The van der Waals surface area contributed by atoms with Crippen LogP contribution in [0.15, 0.2) is 12.1 Å². The van der Waals surface area contributed by atoms with Gasteiger partial charge in [0.1, 0.15) is 0 Å². The molecule has 0 N–H and O–H groups in total. The van der Waals surface area contributed by atoms with Crippen LogP contribution in [0.1, 0.15) is 99.2 Å². The lowest BCUT2D eigenvalue weighted by Crippen LogP contribution is -2.09. The van der Waals surface area contributed by atoms with E-state index in [0.29, 0.717) is 6.61 Å². The van der Waals surface area contributed by atoms with Crippen molar-refractivity contribution in [2.45, 2.75) is 91.9 Å². The van der Waals surface area contributed by atoms with E-state index in [9.17, 15) is 4.79 Å². The van der Waals surface area contributed by atoms with Crippen LogP contribution in [0.3, 0.4) is 0 Å². The summed E-state index contributed by atoms with van der Waals surface area (Å²) in [6, 6.07) is 4.34. The number of carbonyl (C=O) groups excluding carboxylic acids is 1. The number of hydrogen-bond donors (Lipinski definition) is 0. The first-order chi connectivity index (χ1) is 11.6. The van der Waals surface area contributed by atoms with Gasteiger partial charge in [-0.25, -0.2) is 4.79 Å². The molecule has 0 heterocycles. The molecule has 1 aromatic rings. The Kier molecular flexibility index (Phi) is 10.5.